The van der Waals surface area contributed by atoms with E-state index in [0.29, 0.717) is 33.0 Å². The molecular weight excluding hydrogens is 412 g/mol. The third-order valence-corrected chi connectivity index (χ3v) is 4.59. The Kier molecular flexibility index (Phi) is 6.74. The molecule has 0 saturated heterocycles. The molecule has 27 heavy (non-hydrogen) atoms. The summed E-state index contributed by atoms with van der Waals surface area (Å²) >= 11 is 3.38. The number of Topliss-reactive ketones (excluding diaryl/α,β-unsaturated/α-hetero) is 1. The highest BCUT2D eigenvalue weighted by atomic mass is 79.9. The third kappa shape index (κ3) is 4.54. The molecule has 0 spiro atoms. The SMILES string of the molecule is COc1cc(OC)c(C(=O)C(Br)=Cc2ccc(N)c(N(C)C)c2)cc1OC. The molecule has 6 nitrogen and oxygen atoms in total. The van der Waals surface area contributed by atoms with Crippen LogP contribution in [0, 0.1) is 0 Å². The van der Waals surface area contributed by atoms with Crippen LogP contribution in [-0.4, -0.2) is 41.2 Å². The first-order chi connectivity index (χ1) is 12.8. The Morgan fingerprint density at radius 1 is 1.00 bits per heavy atom. The number of methoxy groups -OCH3 is 3. The predicted molar refractivity (Wildman–Crippen MR) is 113 cm³/mol. The Hall–Kier alpha value is -2.67. The van der Waals surface area contributed by atoms with Crippen molar-refractivity contribution in [2.75, 3.05) is 46.1 Å². The lowest BCUT2D eigenvalue weighted by Gasteiger charge is -2.16. The second kappa shape index (κ2) is 8.81. The molecule has 0 unspecified atom stereocenters. The molecule has 0 heterocycles. The number of nitrogens with two attached hydrogens (primary N) is 1. The molecule has 0 radical (unpaired) electrons. The van der Waals surface area contributed by atoms with Crippen LogP contribution in [0.1, 0.15) is 15.9 Å². The second-order valence-electron chi connectivity index (χ2n) is 5.94. The maximum absolute atomic E-state index is 13.0. The molecule has 2 aromatic rings. The summed E-state index contributed by atoms with van der Waals surface area (Å²) in [6.45, 7) is 0. The maximum atomic E-state index is 13.0. The summed E-state index contributed by atoms with van der Waals surface area (Å²) in [5.41, 5.74) is 8.73. The van der Waals surface area contributed by atoms with Gasteiger partial charge >= 0.3 is 0 Å². The monoisotopic (exact) mass is 434 g/mol. The summed E-state index contributed by atoms with van der Waals surface area (Å²) in [5.74, 6) is 1.09. The van der Waals surface area contributed by atoms with Crippen molar-refractivity contribution >= 4 is 39.2 Å². The lowest BCUT2D eigenvalue weighted by atomic mass is 10.1. The molecule has 0 saturated carbocycles. The van der Waals surface area contributed by atoms with Gasteiger partial charge in [0.05, 0.1) is 42.7 Å². The van der Waals surface area contributed by atoms with Gasteiger partial charge in [0, 0.05) is 20.2 Å². The van der Waals surface area contributed by atoms with Gasteiger partial charge in [0.15, 0.2) is 11.5 Å². The molecule has 0 aromatic heterocycles. The number of ether oxygens (including phenoxy) is 3. The van der Waals surface area contributed by atoms with Crippen molar-refractivity contribution in [2.45, 2.75) is 0 Å². The minimum atomic E-state index is -0.240. The van der Waals surface area contributed by atoms with Crippen LogP contribution in [0.5, 0.6) is 17.2 Å². The van der Waals surface area contributed by atoms with Gasteiger partial charge in [-0.1, -0.05) is 6.07 Å². The van der Waals surface area contributed by atoms with Crippen LogP contribution in [0.25, 0.3) is 6.08 Å². The van der Waals surface area contributed by atoms with E-state index in [0.717, 1.165) is 11.3 Å². The van der Waals surface area contributed by atoms with Gasteiger partial charge in [-0.05, 0) is 45.8 Å². The molecule has 0 fully saturated rings. The molecular formula is C20H23BrN2O4. The van der Waals surface area contributed by atoms with Crippen LogP contribution in [0.4, 0.5) is 11.4 Å². The molecule has 0 aliphatic heterocycles. The molecule has 0 bridgehead atoms. The van der Waals surface area contributed by atoms with Crippen molar-refractivity contribution in [1.29, 1.82) is 0 Å². The van der Waals surface area contributed by atoms with Gasteiger partial charge in [-0.25, -0.2) is 0 Å². The van der Waals surface area contributed by atoms with E-state index >= 15 is 0 Å². The summed E-state index contributed by atoms with van der Waals surface area (Å²) in [6.07, 6.45) is 1.74. The van der Waals surface area contributed by atoms with E-state index in [2.05, 4.69) is 15.9 Å². The van der Waals surface area contributed by atoms with Crippen LogP contribution in [0.15, 0.2) is 34.8 Å². The van der Waals surface area contributed by atoms with Gasteiger partial charge in [-0.15, -0.1) is 0 Å². The molecule has 2 N–H and O–H groups in total. The first-order valence-electron chi connectivity index (χ1n) is 8.11. The predicted octanol–water partition coefficient (Wildman–Crippen LogP) is 3.98. The summed E-state index contributed by atoms with van der Waals surface area (Å²) < 4.78 is 16.3. The smallest absolute Gasteiger partial charge is 0.203 e. The van der Waals surface area contributed by atoms with Crippen LogP contribution in [0.2, 0.25) is 0 Å². The summed E-state index contributed by atoms with van der Waals surface area (Å²) in [7, 11) is 8.36. The fourth-order valence-electron chi connectivity index (χ4n) is 2.58. The van der Waals surface area contributed by atoms with Gasteiger partial charge < -0.3 is 24.8 Å². The topological polar surface area (TPSA) is 74.0 Å². The van der Waals surface area contributed by atoms with Gasteiger partial charge in [0.1, 0.15) is 5.75 Å². The molecule has 0 atom stereocenters. The van der Waals surface area contributed by atoms with Crippen molar-refractivity contribution in [1.82, 2.24) is 0 Å². The molecule has 7 heteroatoms. The number of hydrogen-bond acceptors (Lipinski definition) is 6. The van der Waals surface area contributed by atoms with Gasteiger partial charge in [-0.2, -0.15) is 0 Å². The summed E-state index contributed by atoms with van der Waals surface area (Å²) in [4.78, 5) is 14.9. The standard InChI is InChI=1S/C20H23BrN2O4/c1-23(2)16-9-12(6-7-15(16)22)8-14(21)20(24)13-10-18(26-4)19(27-5)11-17(13)25-3/h6-11H,22H2,1-5H3. The van der Waals surface area contributed by atoms with Crippen LogP contribution in [0.3, 0.4) is 0 Å². The van der Waals surface area contributed by atoms with Crippen LogP contribution < -0.4 is 24.8 Å². The number of nitrogens with zero attached hydrogens (tertiary/aromatic N) is 1. The molecule has 2 rings (SSSR count). The molecule has 0 aliphatic carbocycles. The van der Waals surface area contributed by atoms with Crippen molar-refractivity contribution in [3.63, 3.8) is 0 Å². The Balaban J connectivity index is 2.45. The highest BCUT2D eigenvalue weighted by Crippen LogP contribution is 2.36. The van der Waals surface area contributed by atoms with Gasteiger partial charge in [0.2, 0.25) is 5.78 Å². The number of ketones is 1. The van der Waals surface area contributed by atoms with Crippen molar-refractivity contribution in [3.8, 4) is 17.2 Å². The normalized spacial score (nSPS) is 11.1. The van der Waals surface area contributed by atoms with E-state index < -0.39 is 0 Å². The number of rotatable bonds is 7. The van der Waals surface area contributed by atoms with E-state index in [4.69, 9.17) is 19.9 Å². The van der Waals surface area contributed by atoms with Crippen molar-refractivity contribution in [3.05, 3.63) is 45.9 Å². The third-order valence-electron chi connectivity index (χ3n) is 4.00. The number of carbonyl (C=O) groups excluding carboxylic acids is 1. The minimum Gasteiger partial charge on any atom is -0.496 e. The van der Waals surface area contributed by atoms with E-state index in [-0.39, 0.29) is 5.78 Å². The van der Waals surface area contributed by atoms with Crippen molar-refractivity contribution in [2.24, 2.45) is 0 Å². The van der Waals surface area contributed by atoms with Crippen LogP contribution >= 0.6 is 15.9 Å². The lowest BCUT2D eigenvalue weighted by Crippen LogP contribution is -2.11. The zero-order valence-electron chi connectivity index (χ0n) is 16.0. The average molecular weight is 435 g/mol. The minimum absolute atomic E-state index is 0.240. The zero-order valence-corrected chi connectivity index (χ0v) is 17.6. The highest BCUT2D eigenvalue weighted by molar-refractivity contribution is 9.12. The van der Waals surface area contributed by atoms with E-state index in [1.54, 1.807) is 18.2 Å². The average Bonchev–Trinajstić information content (AvgIpc) is 2.67. The number of halogens is 1. The van der Waals surface area contributed by atoms with Gasteiger partial charge in [0.25, 0.3) is 0 Å². The number of benzene rings is 2. The number of hydrogen-bond donors (Lipinski definition) is 1. The maximum Gasteiger partial charge on any atom is 0.203 e. The molecule has 144 valence electrons. The fourth-order valence-corrected chi connectivity index (χ4v) is 3.06. The summed E-state index contributed by atoms with van der Waals surface area (Å²) in [6, 6.07) is 8.80. The number of carbonyl (C=O) groups is 1. The highest BCUT2D eigenvalue weighted by Gasteiger charge is 2.20. The Morgan fingerprint density at radius 2 is 1.59 bits per heavy atom. The Morgan fingerprint density at radius 3 is 2.15 bits per heavy atom. The zero-order chi connectivity index (χ0) is 20.1. The molecule has 0 amide bonds. The Bertz CT molecular complexity index is 879. The molecule has 2 aromatic carbocycles. The largest absolute Gasteiger partial charge is 0.496 e. The second-order valence-corrected chi connectivity index (χ2v) is 6.80. The van der Waals surface area contributed by atoms with E-state index in [9.17, 15) is 4.79 Å². The van der Waals surface area contributed by atoms with E-state index in [1.165, 1.54) is 21.3 Å². The van der Waals surface area contributed by atoms with Crippen LogP contribution in [-0.2, 0) is 0 Å². The quantitative estimate of drug-likeness (QED) is 0.403. The number of anilines is 2. The summed E-state index contributed by atoms with van der Waals surface area (Å²) in [5, 5.41) is 0. The first-order valence-corrected chi connectivity index (χ1v) is 8.90. The Labute approximate surface area is 167 Å². The lowest BCUT2D eigenvalue weighted by molar-refractivity contribution is 0.104. The van der Waals surface area contributed by atoms with E-state index in [1.807, 2.05) is 37.2 Å². The number of allylic oxidation sites excluding steroid dienone is 1. The fraction of sp³-hybridized carbons (Fsp3) is 0.250. The number of nitrogen functional groups attached to an aromatic ring is 1. The molecule has 0 aliphatic rings. The van der Waals surface area contributed by atoms with Gasteiger partial charge in [-0.3, -0.25) is 4.79 Å². The first kappa shape index (κ1) is 20.6. The van der Waals surface area contributed by atoms with Crippen molar-refractivity contribution < 1.29 is 19.0 Å².